The highest BCUT2D eigenvalue weighted by Gasteiger charge is 2.24. The van der Waals surface area contributed by atoms with Crippen LogP contribution in [0.1, 0.15) is 12.8 Å². The maximum absolute atomic E-state index is 13.2. The molecule has 3 heterocycles. The number of β-amino-alcohol motifs (C(OH)–C–C–N with tert-alkyl or cyclic N) is 1. The molecule has 2 saturated heterocycles. The van der Waals surface area contributed by atoms with Crippen molar-refractivity contribution < 1.29 is 17.9 Å². The van der Waals surface area contributed by atoms with Gasteiger partial charge in [0.25, 0.3) is 0 Å². The summed E-state index contributed by atoms with van der Waals surface area (Å²) in [6.45, 7) is 6.40. The molecule has 13 heteroatoms. The van der Waals surface area contributed by atoms with Crippen LogP contribution in [0.2, 0.25) is 0 Å². The van der Waals surface area contributed by atoms with Crippen molar-refractivity contribution in [1.82, 2.24) is 35.0 Å². The van der Waals surface area contributed by atoms with E-state index in [-0.39, 0.29) is 11.9 Å². The van der Waals surface area contributed by atoms with Gasteiger partial charge in [-0.2, -0.15) is 5.10 Å². The van der Waals surface area contributed by atoms with Crippen molar-refractivity contribution in [3.8, 4) is 11.3 Å². The molecule has 36 heavy (non-hydrogen) atoms. The summed E-state index contributed by atoms with van der Waals surface area (Å²) in [6.07, 6.45) is 3.96. The summed E-state index contributed by atoms with van der Waals surface area (Å²) in [4.78, 5) is 11.1. The van der Waals surface area contributed by atoms with Crippen LogP contribution in [0.25, 0.3) is 11.3 Å². The van der Waals surface area contributed by atoms with Gasteiger partial charge in [0.1, 0.15) is 12.0 Å². The number of piperazine rings is 1. The highest BCUT2D eigenvalue weighted by Crippen LogP contribution is 2.19. The fraction of sp³-hybridized carbons (Fsp3) is 0.609. The smallest absolute Gasteiger partial charge is 0.245 e. The molecule has 0 aliphatic carbocycles. The molecule has 2 fully saturated rings. The van der Waals surface area contributed by atoms with E-state index in [0.29, 0.717) is 31.3 Å². The lowest BCUT2D eigenvalue weighted by Gasteiger charge is -2.37. The molecule has 2 aromatic rings. The average molecular weight is 523 g/mol. The molecule has 0 radical (unpaired) electrons. The molecular weight excluding hydrogens is 487 g/mol. The molecule has 11 nitrogen and oxygen atoms in total. The summed E-state index contributed by atoms with van der Waals surface area (Å²) in [5.74, 6) is 0.257. The Morgan fingerprint density at radius 2 is 1.78 bits per heavy atom. The molecule has 1 aromatic carbocycles. The van der Waals surface area contributed by atoms with Crippen molar-refractivity contribution >= 4 is 16.0 Å². The van der Waals surface area contributed by atoms with Crippen LogP contribution in [-0.4, -0.2) is 116 Å². The van der Waals surface area contributed by atoms with Gasteiger partial charge >= 0.3 is 0 Å². The first-order chi connectivity index (χ1) is 17.2. The Bertz CT molecular complexity index is 1080. The molecule has 2 aliphatic rings. The Morgan fingerprint density at radius 1 is 1.08 bits per heavy atom. The molecule has 0 saturated carbocycles. The predicted octanol–water partition coefficient (Wildman–Crippen LogP) is -0.279. The van der Waals surface area contributed by atoms with Gasteiger partial charge in [-0.15, -0.1) is 5.10 Å². The second-order valence-electron chi connectivity index (χ2n) is 9.40. The fourth-order valence-corrected chi connectivity index (χ4v) is 5.06. The van der Waals surface area contributed by atoms with Gasteiger partial charge in [0.2, 0.25) is 16.0 Å². The summed E-state index contributed by atoms with van der Waals surface area (Å²) >= 11 is 0. The molecule has 1 aromatic heterocycles. The number of aromatic nitrogens is 3. The lowest BCUT2D eigenvalue weighted by atomic mass is 10.0. The van der Waals surface area contributed by atoms with E-state index >= 15 is 0 Å². The summed E-state index contributed by atoms with van der Waals surface area (Å²) < 4.78 is 38.1. The van der Waals surface area contributed by atoms with E-state index < -0.39 is 16.3 Å². The maximum Gasteiger partial charge on any atom is 0.245 e. The summed E-state index contributed by atoms with van der Waals surface area (Å²) in [7, 11) is -3.15. The average Bonchev–Trinajstić information content (AvgIpc) is 2.85. The normalized spacial score (nSPS) is 19.5. The largest absolute Gasteiger partial charge is 0.377 e. The van der Waals surface area contributed by atoms with Crippen LogP contribution < -0.4 is 14.9 Å². The van der Waals surface area contributed by atoms with E-state index in [1.54, 1.807) is 18.3 Å². The number of sulfonamides is 1. The van der Waals surface area contributed by atoms with Crippen molar-refractivity contribution in [2.75, 3.05) is 70.1 Å². The number of piperidine rings is 1. The van der Waals surface area contributed by atoms with Crippen molar-refractivity contribution in [3.05, 3.63) is 36.3 Å². The summed E-state index contributed by atoms with van der Waals surface area (Å²) in [6, 6.07) is 6.40. The minimum atomic E-state index is -3.15. The Morgan fingerprint density at radius 3 is 2.44 bits per heavy atom. The van der Waals surface area contributed by atoms with Crippen molar-refractivity contribution in [3.63, 3.8) is 0 Å². The zero-order valence-electron chi connectivity index (χ0n) is 20.6. The topological polar surface area (TPSA) is 127 Å². The highest BCUT2D eigenvalue weighted by atomic mass is 32.2. The minimum Gasteiger partial charge on any atom is -0.377 e. The lowest BCUT2D eigenvalue weighted by molar-refractivity contribution is 0.0603. The van der Waals surface area contributed by atoms with E-state index in [1.807, 2.05) is 0 Å². The maximum atomic E-state index is 13.2. The third-order valence-electron chi connectivity index (χ3n) is 6.58. The van der Waals surface area contributed by atoms with Crippen LogP contribution >= 0.6 is 0 Å². The van der Waals surface area contributed by atoms with Gasteiger partial charge in [-0.3, -0.25) is 10.2 Å². The number of rotatable bonds is 10. The first-order valence-corrected chi connectivity index (χ1v) is 14.2. The zero-order chi connectivity index (χ0) is 25.5. The summed E-state index contributed by atoms with van der Waals surface area (Å²) in [5, 5.41) is 22.2. The van der Waals surface area contributed by atoms with E-state index in [4.69, 9.17) is 0 Å². The number of nitrogens with zero attached hydrogens (tertiary/aromatic N) is 6. The van der Waals surface area contributed by atoms with Crippen molar-refractivity contribution in [2.24, 2.45) is 0 Å². The number of likely N-dealkylation sites (tertiary alicyclic amines) is 1. The van der Waals surface area contributed by atoms with Crippen molar-refractivity contribution in [2.45, 2.75) is 25.1 Å². The Hall–Kier alpha value is -2.29. The van der Waals surface area contributed by atoms with E-state index in [9.17, 15) is 17.9 Å². The van der Waals surface area contributed by atoms with Crippen LogP contribution in [0, 0.1) is 5.82 Å². The van der Waals surface area contributed by atoms with Crippen LogP contribution in [0.15, 0.2) is 30.5 Å². The lowest BCUT2D eigenvalue weighted by Crippen LogP contribution is -2.54. The van der Waals surface area contributed by atoms with Crippen molar-refractivity contribution in [1.29, 1.82) is 0 Å². The highest BCUT2D eigenvalue weighted by molar-refractivity contribution is 7.88. The van der Waals surface area contributed by atoms with Crippen LogP contribution in [0.4, 0.5) is 10.3 Å². The zero-order valence-corrected chi connectivity index (χ0v) is 21.4. The minimum absolute atomic E-state index is 0.245. The molecule has 1 unspecified atom stereocenters. The Balaban J connectivity index is 1.17. The number of aliphatic hydroxyl groups is 1. The second kappa shape index (κ2) is 12.3. The quantitative estimate of drug-likeness (QED) is 0.359. The number of aliphatic hydroxyl groups excluding tert-OH is 1. The molecule has 0 spiro atoms. The van der Waals surface area contributed by atoms with Crippen LogP contribution in [0.5, 0.6) is 0 Å². The molecular formula is C23H35FN8O3S. The SMILES string of the molecule is CS(=O)(=O)NCCN1CCC(NC(O)CN2CCN(c3nncc(-c4ccc(F)cc4)n3)CC2)CC1. The number of nitrogens with one attached hydrogen (secondary N) is 2. The first-order valence-electron chi connectivity index (χ1n) is 12.3. The van der Waals surface area contributed by atoms with Gasteiger partial charge in [0.15, 0.2) is 0 Å². The van der Waals surface area contributed by atoms with Gasteiger partial charge in [0.05, 0.1) is 18.1 Å². The van der Waals surface area contributed by atoms with Gasteiger partial charge in [-0.1, -0.05) is 0 Å². The van der Waals surface area contributed by atoms with Gasteiger partial charge in [-0.05, 0) is 50.2 Å². The number of hydrogen-bond acceptors (Lipinski definition) is 10. The van der Waals surface area contributed by atoms with Gasteiger partial charge in [0, 0.05) is 57.4 Å². The predicted molar refractivity (Wildman–Crippen MR) is 135 cm³/mol. The molecule has 0 amide bonds. The molecule has 198 valence electrons. The van der Waals surface area contributed by atoms with E-state index in [2.05, 4.69) is 39.9 Å². The Labute approximate surface area is 211 Å². The molecule has 3 N–H and O–H groups in total. The third-order valence-corrected chi connectivity index (χ3v) is 7.31. The molecule has 1 atom stereocenters. The summed E-state index contributed by atoms with van der Waals surface area (Å²) in [5.41, 5.74) is 1.44. The fourth-order valence-electron chi connectivity index (χ4n) is 4.60. The molecule has 2 aliphatic heterocycles. The van der Waals surface area contributed by atoms with E-state index in [0.717, 1.165) is 57.7 Å². The Kier molecular flexibility index (Phi) is 9.14. The number of anilines is 1. The van der Waals surface area contributed by atoms with Crippen LogP contribution in [-0.2, 0) is 10.0 Å². The molecule has 0 bridgehead atoms. The molecule has 4 rings (SSSR count). The third kappa shape index (κ3) is 8.11. The van der Waals surface area contributed by atoms with E-state index in [1.165, 1.54) is 18.4 Å². The number of halogens is 1. The van der Waals surface area contributed by atoms with Gasteiger partial charge < -0.3 is 14.9 Å². The standard InChI is InChI=1S/C23H35FN8O3S/c1-36(34,35)26-8-11-30-9-6-20(7-10-30)27-22(33)17-31-12-14-32(15-13-31)23-28-21(16-25-29-23)18-2-4-19(24)5-3-18/h2-5,16,20,22,26-27,33H,6-15,17H2,1H3. The van der Waals surface area contributed by atoms with Crippen LogP contribution in [0.3, 0.4) is 0 Å². The second-order valence-corrected chi connectivity index (χ2v) is 11.2. The number of benzene rings is 1. The monoisotopic (exact) mass is 522 g/mol. The number of hydrogen-bond donors (Lipinski definition) is 3. The first kappa shape index (κ1) is 26.8. The van der Waals surface area contributed by atoms with Gasteiger partial charge in [-0.25, -0.2) is 22.5 Å².